The summed E-state index contributed by atoms with van der Waals surface area (Å²) in [7, 11) is 1.57. The first kappa shape index (κ1) is 22.0. The van der Waals surface area contributed by atoms with E-state index in [1.807, 2.05) is 26.0 Å². The van der Waals surface area contributed by atoms with E-state index in [9.17, 15) is 9.59 Å². The Balaban J connectivity index is 1.65. The van der Waals surface area contributed by atoms with Crippen LogP contribution in [0, 0.1) is 5.92 Å². The molecule has 0 atom stereocenters. The van der Waals surface area contributed by atoms with Crippen LogP contribution in [0.5, 0.6) is 11.5 Å². The number of methoxy groups -OCH3 is 1. The van der Waals surface area contributed by atoms with Crippen molar-refractivity contribution in [2.24, 2.45) is 5.92 Å². The number of furan rings is 1. The number of hydrogen-bond acceptors (Lipinski definition) is 5. The summed E-state index contributed by atoms with van der Waals surface area (Å²) in [6, 6.07) is 17.4. The number of rotatable bonds is 9. The van der Waals surface area contributed by atoms with Crippen molar-refractivity contribution in [3.8, 4) is 11.5 Å². The van der Waals surface area contributed by atoms with Gasteiger partial charge in [-0.3, -0.25) is 9.59 Å². The normalized spacial score (nSPS) is 10.6. The van der Waals surface area contributed by atoms with Gasteiger partial charge in [0.2, 0.25) is 0 Å². The van der Waals surface area contributed by atoms with Gasteiger partial charge in [0.1, 0.15) is 12.4 Å². The highest BCUT2D eigenvalue weighted by atomic mass is 16.5. The zero-order chi connectivity index (χ0) is 22.2. The molecule has 2 N–H and O–H groups in total. The fourth-order valence-electron chi connectivity index (χ4n) is 2.83. The van der Waals surface area contributed by atoms with E-state index in [4.69, 9.17) is 13.9 Å². The highest BCUT2D eigenvalue weighted by Gasteiger charge is 2.17. The Morgan fingerprint density at radius 1 is 0.935 bits per heavy atom. The Morgan fingerprint density at radius 3 is 2.39 bits per heavy atom. The maximum absolute atomic E-state index is 12.6. The van der Waals surface area contributed by atoms with Crippen LogP contribution in [-0.2, 0) is 6.61 Å². The monoisotopic (exact) mass is 422 g/mol. The van der Waals surface area contributed by atoms with Gasteiger partial charge in [-0.2, -0.15) is 0 Å². The highest BCUT2D eigenvalue weighted by Crippen LogP contribution is 2.27. The van der Waals surface area contributed by atoms with Crippen molar-refractivity contribution >= 4 is 17.5 Å². The van der Waals surface area contributed by atoms with Crippen molar-refractivity contribution in [2.45, 2.75) is 20.5 Å². The molecule has 1 aromatic heterocycles. The molecule has 1 heterocycles. The van der Waals surface area contributed by atoms with Gasteiger partial charge < -0.3 is 24.5 Å². The van der Waals surface area contributed by atoms with Gasteiger partial charge in [0.15, 0.2) is 17.3 Å². The molecule has 0 unspecified atom stereocenters. The zero-order valence-electron chi connectivity index (χ0n) is 17.8. The van der Waals surface area contributed by atoms with E-state index < -0.39 is 5.91 Å². The summed E-state index contributed by atoms with van der Waals surface area (Å²) in [6.07, 6.45) is 0. The van der Waals surface area contributed by atoms with Gasteiger partial charge in [0.05, 0.1) is 18.4 Å². The molecule has 0 spiro atoms. The summed E-state index contributed by atoms with van der Waals surface area (Å²) >= 11 is 0. The van der Waals surface area contributed by atoms with Gasteiger partial charge in [0, 0.05) is 6.54 Å². The molecule has 0 fully saturated rings. The number of carbonyl (C=O) groups excluding carboxylic acids is 2. The van der Waals surface area contributed by atoms with Crippen LogP contribution in [0.3, 0.4) is 0 Å². The lowest BCUT2D eigenvalue weighted by atomic mass is 10.1. The molecule has 7 heteroatoms. The number of ether oxygens (including phenoxy) is 2. The van der Waals surface area contributed by atoms with Crippen LogP contribution in [0.15, 0.2) is 65.1 Å². The Hall–Kier alpha value is -3.74. The molecule has 7 nitrogen and oxygen atoms in total. The minimum atomic E-state index is -0.451. The van der Waals surface area contributed by atoms with Crippen molar-refractivity contribution < 1.29 is 23.5 Å². The summed E-state index contributed by atoms with van der Waals surface area (Å²) in [5.41, 5.74) is 0.805. The largest absolute Gasteiger partial charge is 0.493 e. The Kier molecular flexibility index (Phi) is 7.32. The molecule has 0 saturated heterocycles. The Bertz CT molecular complexity index is 1040. The van der Waals surface area contributed by atoms with Crippen molar-refractivity contribution in [3.63, 3.8) is 0 Å². The van der Waals surface area contributed by atoms with E-state index in [-0.39, 0.29) is 18.3 Å². The molecule has 2 aromatic carbocycles. The number of carbonyl (C=O) groups is 2. The molecule has 0 aliphatic heterocycles. The summed E-state index contributed by atoms with van der Waals surface area (Å²) in [4.78, 5) is 25.1. The summed E-state index contributed by atoms with van der Waals surface area (Å²) < 4.78 is 16.6. The lowest BCUT2D eigenvalue weighted by Gasteiger charge is -2.12. The van der Waals surface area contributed by atoms with Gasteiger partial charge in [0.25, 0.3) is 11.8 Å². The SMILES string of the molecule is COc1ccccc1OCc1ccc(C(=O)Nc2ccccc2C(=O)NCC(C)C)o1. The Labute approximate surface area is 181 Å². The maximum atomic E-state index is 12.6. The lowest BCUT2D eigenvalue weighted by molar-refractivity contribution is 0.0950. The molecule has 3 aromatic rings. The predicted molar refractivity (Wildman–Crippen MR) is 118 cm³/mol. The van der Waals surface area contributed by atoms with Crippen molar-refractivity contribution in [3.05, 3.63) is 77.7 Å². The zero-order valence-corrected chi connectivity index (χ0v) is 17.8. The van der Waals surface area contributed by atoms with Gasteiger partial charge in [-0.15, -0.1) is 0 Å². The van der Waals surface area contributed by atoms with Crippen LogP contribution in [0.2, 0.25) is 0 Å². The van der Waals surface area contributed by atoms with Crippen LogP contribution in [0.1, 0.15) is 40.5 Å². The van der Waals surface area contributed by atoms with E-state index in [0.717, 1.165) is 0 Å². The third-order valence-corrected chi connectivity index (χ3v) is 4.42. The van der Waals surface area contributed by atoms with Crippen LogP contribution in [0.4, 0.5) is 5.69 Å². The second-order valence-corrected chi connectivity index (χ2v) is 7.31. The first-order valence-electron chi connectivity index (χ1n) is 10.0. The van der Waals surface area contributed by atoms with Gasteiger partial charge >= 0.3 is 0 Å². The van der Waals surface area contributed by atoms with Gasteiger partial charge in [-0.25, -0.2) is 0 Å². The smallest absolute Gasteiger partial charge is 0.291 e. The lowest BCUT2D eigenvalue weighted by Crippen LogP contribution is -2.28. The second kappa shape index (κ2) is 10.3. The van der Waals surface area contributed by atoms with Gasteiger partial charge in [-0.05, 0) is 42.3 Å². The average molecular weight is 422 g/mol. The molecule has 0 saturated carbocycles. The minimum Gasteiger partial charge on any atom is -0.493 e. The molecule has 0 aliphatic rings. The fourth-order valence-corrected chi connectivity index (χ4v) is 2.83. The molecule has 0 bridgehead atoms. The van der Waals surface area contributed by atoms with Crippen molar-refractivity contribution in [1.29, 1.82) is 0 Å². The molecular formula is C24H26N2O5. The topological polar surface area (TPSA) is 89.8 Å². The van der Waals surface area contributed by atoms with E-state index >= 15 is 0 Å². The number of benzene rings is 2. The molecule has 0 radical (unpaired) electrons. The van der Waals surface area contributed by atoms with Crippen LogP contribution in [0.25, 0.3) is 0 Å². The number of amides is 2. The minimum absolute atomic E-state index is 0.121. The number of anilines is 1. The van der Waals surface area contributed by atoms with Crippen molar-refractivity contribution in [2.75, 3.05) is 19.0 Å². The van der Waals surface area contributed by atoms with E-state index in [1.165, 1.54) is 0 Å². The molecule has 0 aliphatic carbocycles. The third kappa shape index (κ3) is 5.88. The number of hydrogen-bond donors (Lipinski definition) is 2. The Morgan fingerprint density at radius 2 is 1.65 bits per heavy atom. The average Bonchev–Trinajstić information content (AvgIpc) is 3.26. The first-order valence-corrected chi connectivity index (χ1v) is 10.0. The summed E-state index contributed by atoms with van der Waals surface area (Å²) in [5, 5.41) is 5.60. The van der Waals surface area contributed by atoms with Crippen LogP contribution >= 0.6 is 0 Å². The van der Waals surface area contributed by atoms with Crippen molar-refractivity contribution in [1.82, 2.24) is 5.32 Å². The van der Waals surface area contributed by atoms with E-state index in [0.29, 0.717) is 41.0 Å². The predicted octanol–water partition coefficient (Wildman–Crippen LogP) is 4.51. The second-order valence-electron chi connectivity index (χ2n) is 7.31. The summed E-state index contributed by atoms with van der Waals surface area (Å²) in [5.74, 6) is 1.43. The molecule has 3 rings (SSSR count). The quantitative estimate of drug-likeness (QED) is 0.530. The molecule has 2 amide bonds. The highest BCUT2D eigenvalue weighted by molar-refractivity contribution is 6.07. The first-order chi connectivity index (χ1) is 15.0. The maximum Gasteiger partial charge on any atom is 0.291 e. The fraction of sp³-hybridized carbons (Fsp3) is 0.250. The third-order valence-electron chi connectivity index (χ3n) is 4.42. The molecule has 31 heavy (non-hydrogen) atoms. The van der Waals surface area contributed by atoms with Crippen LogP contribution in [-0.4, -0.2) is 25.5 Å². The summed E-state index contributed by atoms with van der Waals surface area (Å²) in [6.45, 7) is 4.72. The number of para-hydroxylation sites is 3. The molecular weight excluding hydrogens is 396 g/mol. The van der Waals surface area contributed by atoms with Crippen LogP contribution < -0.4 is 20.1 Å². The number of nitrogens with one attached hydrogen (secondary N) is 2. The van der Waals surface area contributed by atoms with E-state index in [2.05, 4.69) is 10.6 Å². The standard InChI is InChI=1S/C24H26N2O5/c1-16(2)14-25-23(27)18-8-4-5-9-19(18)26-24(28)22-13-12-17(31-22)15-30-21-11-7-6-10-20(21)29-3/h4-13,16H,14-15H2,1-3H3,(H,25,27)(H,26,28). The van der Waals surface area contributed by atoms with E-state index in [1.54, 1.807) is 55.6 Å². The molecule has 162 valence electrons. The van der Waals surface area contributed by atoms with Gasteiger partial charge in [-0.1, -0.05) is 38.1 Å².